The highest BCUT2D eigenvalue weighted by Crippen LogP contribution is 2.33. The third-order valence-electron chi connectivity index (χ3n) is 5.77. The Labute approximate surface area is 191 Å². The summed E-state index contributed by atoms with van der Waals surface area (Å²) in [5.74, 6) is -0.0861. The number of pyridine rings is 1. The summed E-state index contributed by atoms with van der Waals surface area (Å²) in [6.45, 7) is 1.91. The molecule has 2 N–H and O–H groups in total. The summed E-state index contributed by atoms with van der Waals surface area (Å²) in [6.07, 6.45) is 6.53. The van der Waals surface area contributed by atoms with E-state index in [0.717, 1.165) is 16.6 Å². The first kappa shape index (κ1) is 19.9. The standard InChI is InChI=1S/C22H18FN11/c1-12(16-10-33(31-29-16)17-6-4-3-5-15(17)23)34-22-18(20(24)26-11-27-22)19(30-34)13-7-14-9-28-32(2)21(14)25-8-13/h3-12H,1-2H3,(H2,24,26,27). The smallest absolute Gasteiger partial charge is 0.164 e. The number of nitrogen functional groups attached to an aromatic ring is 1. The van der Waals surface area contributed by atoms with Crippen LogP contribution in [-0.2, 0) is 7.05 Å². The van der Waals surface area contributed by atoms with Crippen molar-refractivity contribution in [1.29, 1.82) is 0 Å². The zero-order valence-electron chi connectivity index (χ0n) is 18.2. The lowest BCUT2D eigenvalue weighted by Gasteiger charge is -2.09. The van der Waals surface area contributed by atoms with Crippen LogP contribution in [0, 0.1) is 5.82 Å². The minimum atomic E-state index is -0.391. The van der Waals surface area contributed by atoms with E-state index < -0.39 is 5.82 Å². The van der Waals surface area contributed by atoms with Crippen LogP contribution in [-0.4, -0.2) is 49.5 Å². The molecule has 0 aliphatic carbocycles. The summed E-state index contributed by atoms with van der Waals surface area (Å²) in [5.41, 5.74) is 9.79. The molecule has 5 aromatic heterocycles. The van der Waals surface area contributed by atoms with Gasteiger partial charge in [-0.05, 0) is 25.1 Å². The van der Waals surface area contributed by atoms with E-state index in [1.165, 1.54) is 17.1 Å². The Kier molecular flexibility index (Phi) is 4.33. The Balaban J connectivity index is 1.48. The Morgan fingerprint density at radius 3 is 2.76 bits per heavy atom. The minimum Gasteiger partial charge on any atom is -0.383 e. The molecule has 6 rings (SSSR count). The maximum absolute atomic E-state index is 14.2. The van der Waals surface area contributed by atoms with Crippen LogP contribution in [0.1, 0.15) is 18.7 Å². The van der Waals surface area contributed by atoms with Crippen LogP contribution in [0.4, 0.5) is 10.2 Å². The maximum atomic E-state index is 14.2. The van der Waals surface area contributed by atoms with Gasteiger partial charge in [0.25, 0.3) is 0 Å². The van der Waals surface area contributed by atoms with Crippen molar-refractivity contribution < 1.29 is 4.39 Å². The number of benzene rings is 1. The van der Waals surface area contributed by atoms with Crippen LogP contribution in [0.5, 0.6) is 0 Å². The predicted molar refractivity (Wildman–Crippen MR) is 122 cm³/mol. The molecule has 0 bridgehead atoms. The van der Waals surface area contributed by atoms with E-state index in [2.05, 4.69) is 30.4 Å². The van der Waals surface area contributed by atoms with Gasteiger partial charge in [-0.2, -0.15) is 10.2 Å². The van der Waals surface area contributed by atoms with Crippen LogP contribution in [0.2, 0.25) is 0 Å². The van der Waals surface area contributed by atoms with E-state index in [-0.39, 0.29) is 6.04 Å². The number of hydrogen-bond acceptors (Lipinski definition) is 8. The first-order chi connectivity index (χ1) is 16.5. The lowest BCUT2D eigenvalue weighted by Crippen LogP contribution is -2.10. The number of para-hydroxylation sites is 1. The maximum Gasteiger partial charge on any atom is 0.164 e. The summed E-state index contributed by atoms with van der Waals surface area (Å²) >= 11 is 0. The number of halogens is 1. The van der Waals surface area contributed by atoms with Crippen molar-refractivity contribution in [1.82, 2.24) is 49.5 Å². The quantitative estimate of drug-likeness (QED) is 0.429. The fraction of sp³-hybridized carbons (Fsp3) is 0.136. The van der Waals surface area contributed by atoms with Gasteiger partial charge in [-0.25, -0.2) is 28.7 Å². The van der Waals surface area contributed by atoms with Gasteiger partial charge in [0.15, 0.2) is 11.3 Å². The molecule has 5 heterocycles. The highest BCUT2D eigenvalue weighted by Gasteiger charge is 2.23. The summed E-state index contributed by atoms with van der Waals surface area (Å²) in [7, 11) is 1.83. The van der Waals surface area contributed by atoms with Gasteiger partial charge < -0.3 is 5.73 Å². The van der Waals surface area contributed by atoms with E-state index in [4.69, 9.17) is 10.8 Å². The molecule has 0 saturated carbocycles. The van der Waals surface area contributed by atoms with Gasteiger partial charge in [0.05, 0.1) is 23.8 Å². The van der Waals surface area contributed by atoms with Crippen molar-refractivity contribution in [3.05, 3.63) is 66.8 Å². The van der Waals surface area contributed by atoms with Gasteiger partial charge in [0.2, 0.25) is 0 Å². The molecule has 12 heteroatoms. The average Bonchev–Trinajstić information content (AvgIpc) is 3.57. The second-order valence-electron chi connectivity index (χ2n) is 7.87. The number of fused-ring (bicyclic) bond motifs is 2. The third kappa shape index (κ3) is 2.99. The Morgan fingerprint density at radius 1 is 1.06 bits per heavy atom. The van der Waals surface area contributed by atoms with E-state index in [9.17, 15) is 4.39 Å². The molecular formula is C22H18FN11. The van der Waals surface area contributed by atoms with Crippen LogP contribution in [0.15, 0.2) is 55.2 Å². The van der Waals surface area contributed by atoms with Crippen molar-refractivity contribution >= 4 is 27.9 Å². The third-order valence-corrected chi connectivity index (χ3v) is 5.77. The fourth-order valence-electron chi connectivity index (χ4n) is 3.99. The lowest BCUT2D eigenvalue weighted by molar-refractivity contribution is 0.565. The van der Waals surface area contributed by atoms with Gasteiger partial charge >= 0.3 is 0 Å². The molecule has 0 radical (unpaired) electrons. The van der Waals surface area contributed by atoms with Crippen LogP contribution >= 0.6 is 0 Å². The van der Waals surface area contributed by atoms with Crippen molar-refractivity contribution in [2.45, 2.75) is 13.0 Å². The van der Waals surface area contributed by atoms with E-state index in [1.807, 2.05) is 20.0 Å². The van der Waals surface area contributed by atoms with E-state index >= 15 is 0 Å². The number of nitrogens with zero attached hydrogens (tertiary/aromatic N) is 10. The molecule has 34 heavy (non-hydrogen) atoms. The molecule has 1 unspecified atom stereocenters. The normalized spacial score (nSPS) is 12.6. The zero-order chi connectivity index (χ0) is 23.4. The SMILES string of the molecule is CC(c1cn(-c2ccccc2F)nn1)n1nc(-c2cnc3c(cnn3C)c2)c2c(N)ncnc21. The number of rotatable bonds is 4. The molecule has 168 valence electrons. The molecule has 11 nitrogen and oxygen atoms in total. The number of aromatic nitrogens is 10. The zero-order valence-corrected chi connectivity index (χ0v) is 18.2. The minimum absolute atomic E-state index is 0.305. The molecular weight excluding hydrogens is 437 g/mol. The highest BCUT2D eigenvalue weighted by atomic mass is 19.1. The van der Waals surface area contributed by atoms with Crippen molar-refractivity contribution in [2.75, 3.05) is 5.73 Å². The number of anilines is 1. The monoisotopic (exact) mass is 455 g/mol. The molecule has 0 fully saturated rings. The Bertz CT molecular complexity index is 1680. The van der Waals surface area contributed by atoms with Gasteiger partial charge in [-0.3, -0.25) is 4.68 Å². The van der Waals surface area contributed by atoms with Crippen LogP contribution < -0.4 is 5.73 Å². The predicted octanol–water partition coefficient (Wildman–Crippen LogP) is 2.69. The molecule has 0 aliphatic rings. The lowest BCUT2D eigenvalue weighted by atomic mass is 10.1. The van der Waals surface area contributed by atoms with Gasteiger partial charge in [0, 0.05) is 24.2 Å². The molecule has 6 aromatic rings. The van der Waals surface area contributed by atoms with Gasteiger partial charge in [-0.1, -0.05) is 17.3 Å². The van der Waals surface area contributed by atoms with Crippen LogP contribution in [0.3, 0.4) is 0 Å². The summed E-state index contributed by atoms with van der Waals surface area (Å²) in [5, 5.41) is 18.9. The summed E-state index contributed by atoms with van der Waals surface area (Å²) in [4.78, 5) is 13.1. The average molecular weight is 455 g/mol. The molecule has 0 amide bonds. The molecule has 0 saturated heterocycles. The van der Waals surface area contributed by atoms with Crippen LogP contribution in [0.25, 0.3) is 39.0 Å². The second-order valence-corrected chi connectivity index (χ2v) is 7.87. The molecule has 0 spiro atoms. The van der Waals surface area contributed by atoms with Crippen molar-refractivity contribution in [2.24, 2.45) is 7.05 Å². The second kappa shape index (κ2) is 7.40. The molecule has 0 aliphatic heterocycles. The van der Waals surface area contributed by atoms with E-state index in [1.54, 1.807) is 46.2 Å². The topological polar surface area (TPSA) is 131 Å². The van der Waals surface area contributed by atoms with Crippen molar-refractivity contribution in [3.63, 3.8) is 0 Å². The summed E-state index contributed by atoms with van der Waals surface area (Å²) < 4.78 is 19.0. The first-order valence-electron chi connectivity index (χ1n) is 10.4. The highest BCUT2D eigenvalue weighted by molar-refractivity contribution is 5.99. The first-order valence-corrected chi connectivity index (χ1v) is 10.4. The summed E-state index contributed by atoms with van der Waals surface area (Å²) in [6, 6.07) is 7.95. The van der Waals surface area contributed by atoms with Gasteiger partial charge in [0.1, 0.15) is 35.0 Å². The number of hydrogen-bond donors (Lipinski definition) is 1. The molecule has 1 atom stereocenters. The van der Waals surface area contributed by atoms with Crippen molar-refractivity contribution in [3.8, 4) is 16.9 Å². The Morgan fingerprint density at radius 2 is 1.91 bits per heavy atom. The largest absolute Gasteiger partial charge is 0.383 e. The van der Waals surface area contributed by atoms with E-state index in [0.29, 0.717) is 33.9 Å². The number of aryl methyl sites for hydroxylation is 1. The fourth-order valence-corrected chi connectivity index (χ4v) is 3.99. The van der Waals surface area contributed by atoms with Gasteiger partial charge in [-0.15, -0.1) is 5.10 Å². The number of nitrogens with two attached hydrogens (primary N) is 1. The molecule has 1 aromatic carbocycles. The Hall–Kier alpha value is -4.74.